The van der Waals surface area contributed by atoms with E-state index in [4.69, 9.17) is 5.11 Å². The third-order valence-corrected chi connectivity index (χ3v) is 2.67. The molecule has 1 fully saturated rings. The lowest BCUT2D eigenvalue weighted by Crippen LogP contribution is -2.48. The van der Waals surface area contributed by atoms with E-state index >= 15 is 0 Å². The van der Waals surface area contributed by atoms with Crippen molar-refractivity contribution < 1.29 is 23.1 Å². The van der Waals surface area contributed by atoms with Gasteiger partial charge in [0.1, 0.15) is 0 Å². The highest BCUT2D eigenvalue weighted by Gasteiger charge is 2.33. The quantitative estimate of drug-likeness (QED) is 0.891. The van der Waals surface area contributed by atoms with Gasteiger partial charge < -0.3 is 10.0 Å². The number of aromatic nitrogens is 2. The molecule has 1 aromatic rings. The summed E-state index contributed by atoms with van der Waals surface area (Å²) in [5, 5.41) is 8.56. The first kappa shape index (κ1) is 12.6. The van der Waals surface area contributed by atoms with E-state index in [9.17, 15) is 18.0 Å². The molecule has 18 heavy (non-hydrogen) atoms. The lowest BCUT2D eigenvalue weighted by Gasteiger charge is -2.38. The van der Waals surface area contributed by atoms with E-state index in [1.54, 1.807) is 4.90 Å². The van der Waals surface area contributed by atoms with Crippen LogP contribution in [0.1, 0.15) is 12.0 Å². The summed E-state index contributed by atoms with van der Waals surface area (Å²) in [7, 11) is 0. The Kier molecular flexibility index (Phi) is 3.10. The molecule has 1 N–H and O–H groups in total. The summed E-state index contributed by atoms with van der Waals surface area (Å²) in [5.74, 6) is -0.675. The van der Waals surface area contributed by atoms with Gasteiger partial charge >= 0.3 is 12.1 Å². The Hall–Kier alpha value is -1.86. The molecule has 0 spiro atoms. The van der Waals surface area contributed by atoms with Gasteiger partial charge in [-0.15, -0.1) is 0 Å². The summed E-state index contributed by atoms with van der Waals surface area (Å²) in [4.78, 5) is 19.3. The minimum absolute atomic E-state index is 0.00777. The van der Waals surface area contributed by atoms with Crippen LogP contribution in [0.2, 0.25) is 0 Å². The Labute approximate surface area is 100 Å². The molecule has 2 heterocycles. The molecule has 0 aliphatic carbocycles. The smallest absolute Gasteiger partial charge is 0.419 e. The van der Waals surface area contributed by atoms with E-state index < -0.39 is 17.7 Å². The fraction of sp³-hybridized carbons (Fsp3) is 0.500. The van der Waals surface area contributed by atoms with Crippen molar-refractivity contribution in [3.05, 3.63) is 18.0 Å². The molecule has 0 aromatic carbocycles. The van der Waals surface area contributed by atoms with Crippen LogP contribution in [-0.4, -0.2) is 34.1 Å². The highest BCUT2D eigenvalue weighted by atomic mass is 19.4. The fourth-order valence-corrected chi connectivity index (χ4v) is 1.74. The molecule has 1 saturated heterocycles. The number of hydrogen-bond acceptors (Lipinski definition) is 4. The minimum atomic E-state index is -4.45. The number of rotatable bonds is 3. The van der Waals surface area contributed by atoms with Crippen molar-refractivity contribution in [1.82, 2.24) is 9.97 Å². The Morgan fingerprint density at radius 1 is 1.39 bits per heavy atom. The molecule has 0 radical (unpaired) electrons. The molecule has 2 rings (SSSR count). The Morgan fingerprint density at radius 3 is 2.39 bits per heavy atom. The number of carboxylic acids is 1. The van der Waals surface area contributed by atoms with Crippen molar-refractivity contribution in [2.24, 2.45) is 5.92 Å². The van der Waals surface area contributed by atoms with Crippen LogP contribution in [0.5, 0.6) is 0 Å². The van der Waals surface area contributed by atoms with Gasteiger partial charge in [-0.25, -0.2) is 9.97 Å². The van der Waals surface area contributed by atoms with Gasteiger partial charge in [0, 0.05) is 31.4 Å². The molecule has 0 bridgehead atoms. The van der Waals surface area contributed by atoms with Crippen molar-refractivity contribution in [1.29, 1.82) is 0 Å². The van der Waals surface area contributed by atoms with Crippen molar-refractivity contribution in [3.63, 3.8) is 0 Å². The zero-order valence-corrected chi connectivity index (χ0v) is 9.18. The lowest BCUT2D eigenvalue weighted by molar-refractivity contribution is -0.139. The second-order valence-corrected chi connectivity index (χ2v) is 4.14. The van der Waals surface area contributed by atoms with Crippen molar-refractivity contribution in [2.45, 2.75) is 12.6 Å². The fourth-order valence-electron chi connectivity index (χ4n) is 1.74. The molecular formula is C10H10F3N3O2. The predicted molar refractivity (Wildman–Crippen MR) is 55.0 cm³/mol. The minimum Gasteiger partial charge on any atom is -0.481 e. The summed E-state index contributed by atoms with van der Waals surface area (Å²) in [6, 6.07) is 0. The Balaban J connectivity index is 1.95. The molecule has 1 aliphatic heterocycles. The van der Waals surface area contributed by atoms with Crippen LogP contribution in [0.3, 0.4) is 0 Å². The van der Waals surface area contributed by atoms with Crippen molar-refractivity contribution in [2.75, 3.05) is 18.0 Å². The van der Waals surface area contributed by atoms with Crippen LogP contribution in [0, 0.1) is 5.92 Å². The van der Waals surface area contributed by atoms with Gasteiger partial charge in [-0.05, 0) is 0 Å². The topological polar surface area (TPSA) is 66.3 Å². The largest absolute Gasteiger partial charge is 0.481 e. The second kappa shape index (κ2) is 4.43. The van der Waals surface area contributed by atoms with E-state index in [0.717, 1.165) is 12.4 Å². The van der Waals surface area contributed by atoms with Crippen molar-refractivity contribution in [3.8, 4) is 0 Å². The Morgan fingerprint density at radius 2 is 1.94 bits per heavy atom. The van der Waals surface area contributed by atoms with Gasteiger partial charge in [0.15, 0.2) is 0 Å². The third kappa shape index (κ3) is 2.69. The average molecular weight is 261 g/mol. The number of hydrogen-bond donors (Lipinski definition) is 1. The van der Waals surface area contributed by atoms with Gasteiger partial charge in [-0.1, -0.05) is 0 Å². The van der Waals surface area contributed by atoms with Crippen LogP contribution in [0.15, 0.2) is 12.4 Å². The van der Waals surface area contributed by atoms with Crippen LogP contribution in [0.4, 0.5) is 19.1 Å². The highest BCUT2D eigenvalue weighted by molar-refractivity contribution is 5.67. The molecule has 98 valence electrons. The maximum atomic E-state index is 12.3. The first-order valence-electron chi connectivity index (χ1n) is 5.22. The van der Waals surface area contributed by atoms with Gasteiger partial charge in [-0.2, -0.15) is 13.2 Å². The van der Waals surface area contributed by atoms with Gasteiger partial charge in [-0.3, -0.25) is 4.79 Å². The summed E-state index contributed by atoms with van der Waals surface area (Å²) in [5.41, 5.74) is -0.895. The molecule has 1 aromatic heterocycles. The number of carbonyl (C=O) groups is 1. The van der Waals surface area contributed by atoms with E-state index in [-0.39, 0.29) is 18.3 Å². The zero-order chi connectivity index (χ0) is 13.3. The van der Waals surface area contributed by atoms with Gasteiger partial charge in [0.2, 0.25) is 5.95 Å². The van der Waals surface area contributed by atoms with Crippen molar-refractivity contribution >= 4 is 11.9 Å². The number of anilines is 1. The maximum absolute atomic E-state index is 12.3. The average Bonchev–Trinajstić information content (AvgIpc) is 2.21. The molecule has 1 aliphatic rings. The SMILES string of the molecule is O=C(O)CC1CN(c2ncc(C(F)(F)F)cn2)C1. The Bertz CT molecular complexity index is 441. The number of halogens is 3. The van der Waals surface area contributed by atoms with E-state index in [1.807, 2.05) is 0 Å². The van der Waals surface area contributed by atoms with Gasteiger partial charge in [0.05, 0.1) is 12.0 Å². The van der Waals surface area contributed by atoms with E-state index in [2.05, 4.69) is 9.97 Å². The van der Waals surface area contributed by atoms with Crippen LogP contribution in [-0.2, 0) is 11.0 Å². The second-order valence-electron chi connectivity index (χ2n) is 4.14. The first-order valence-corrected chi connectivity index (χ1v) is 5.22. The van der Waals surface area contributed by atoms with Gasteiger partial charge in [0.25, 0.3) is 0 Å². The molecule has 0 saturated carbocycles. The monoisotopic (exact) mass is 261 g/mol. The summed E-state index contributed by atoms with van der Waals surface area (Å²) >= 11 is 0. The third-order valence-electron chi connectivity index (χ3n) is 2.67. The molecule has 0 unspecified atom stereocenters. The van der Waals surface area contributed by atoms with E-state index in [1.165, 1.54) is 0 Å². The standard InChI is InChI=1S/C10H10F3N3O2/c11-10(12,13)7-2-14-9(15-3-7)16-4-6(5-16)1-8(17)18/h2-3,6H,1,4-5H2,(H,17,18). The molecule has 5 nitrogen and oxygen atoms in total. The summed E-state index contributed by atoms with van der Waals surface area (Å²) in [6.07, 6.45) is -2.93. The summed E-state index contributed by atoms with van der Waals surface area (Å²) < 4.78 is 36.8. The first-order chi connectivity index (χ1) is 8.36. The predicted octanol–water partition coefficient (Wildman–Crippen LogP) is 1.41. The number of aliphatic carboxylic acids is 1. The molecular weight excluding hydrogens is 251 g/mol. The highest BCUT2D eigenvalue weighted by Crippen LogP contribution is 2.29. The van der Waals surface area contributed by atoms with Crippen LogP contribution >= 0.6 is 0 Å². The summed E-state index contributed by atoms with van der Waals surface area (Å²) in [6.45, 7) is 0.912. The van der Waals surface area contributed by atoms with E-state index in [0.29, 0.717) is 13.1 Å². The molecule has 8 heteroatoms. The molecule has 0 atom stereocenters. The normalized spacial score (nSPS) is 16.5. The maximum Gasteiger partial charge on any atom is 0.419 e. The lowest BCUT2D eigenvalue weighted by atomic mass is 9.97. The van der Waals surface area contributed by atoms with Crippen LogP contribution in [0.25, 0.3) is 0 Å². The van der Waals surface area contributed by atoms with Crippen LogP contribution < -0.4 is 4.90 Å². The number of carboxylic acid groups (broad SMARTS) is 1. The zero-order valence-electron chi connectivity index (χ0n) is 9.18. The number of alkyl halides is 3. The number of nitrogens with zero attached hydrogens (tertiary/aromatic N) is 3. The molecule has 0 amide bonds.